The number of halogens is 10. The van der Waals surface area contributed by atoms with Gasteiger partial charge in [0.2, 0.25) is 23.5 Å². The van der Waals surface area contributed by atoms with Crippen molar-refractivity contribution >= 4 is 129 Å². The first-order valence-electron chi connectivity index (χ1n) is 43.2. The monoisotopic (exact) mass is 2020 g/mol. The van der Waals surface area contributed by atoms with Gasteiger partial charge in [0.1, 0.15) is 134 Å². The number of fused-ring (bicyclic) bond motifs is 4. The third kappa shape index (κ3) is 23.2. The molecule has 2 aliphatic carbocycles. The first-order valence-corrected chi connectivity index (χ1v) is 50.1. The summed E-state index contributed by atoms with van der Waals surface area (Å²) in [6, 6.07) is 31.9. The molecule has 8 heterocycles. The maximum atomic E-state index is 14.4. The van der Waals surface area contributed by atoms with Crippen LogP contribution in [0.4, 0.5) is 66.7 Å². The van der Waals surface area contributed by atoms with Crippen LogP contribution in [-0.4, -0.2) is 154 Å². The molecule has 4 unspecified atom stereocenters. The fraction of sp³-hybridized carbons (Fsp3) is 0.200. The molecule has 0 amide bonds. The maximum absolute atomic E-state index is 14.4. The van der Waals surface area contributed by atoms with Crippen LogP contribution in [0.1, 0.15) is 68.7 Å². The molecule has 736 valence electrons. The molecule has 0 spiro atoms. The highest BCUT2D eigenvalue weighted by Crippen LogP contribution is 2.44. The molecular weight excluding hydrogens is 1940 g/mol. The van der Waals surface area contributed by atoms with E-state index in [0.29, 0.717) is 98.5 Å². The zero-order chi connectivity index (χ0) is 102. The lowest BCUT2D eigenvalue weighted by Crippen LogP contribution is -2.24. The standard InChI is InChI=1S/2C26H24F2N4O3S.C25H24F2N4O3S.C23H18F4N4O3S/c1-15-20-8-17(10-23(25(20)31-14-30-15)35-13-16-4-5-16)18-9-22(26(34-2)29-12-18)32-36(3,33)24-7-6-19(27)11-21(24)28;1-15-20-9-16(11-23(25(20)31-14-30-15)35-19-5-4-6-19)17-10-22(26(34-2)29-13-17)32-36(3,33)24-8-7-18(27)12-21(24)28;1-14(2)34-22-10-16(8-19-15(3)29-13-30-24(19)22)17-9-21(25(33-4)28-12-17)31-35(5,32)23-7-6-18(26)11-20(23)27;1-12-16-6-13(8-19(34-23(26)27)21(16)30-11-29-12)14-7-18(22(33-2)28-10-14)31-35(3,32)20-5-4-15(24)9-17(20)25/h6-12,14,16H,3-5,13H2,1-2H3,(H,32,33);7-14,19H,3-6H2,1-2H3,(H,32,33);6-14H,5H2,1-4H3,(H,31,32);4-11,23H,3H2,1-2H3,(H,31,32). The van der Waals surface area contributed by atoms with Gasteiger partial charge in [-0.3, -0.25) is 0 Å². The number of benzene rings is 8. The van der Waals surface area contributed by atoms with Gasteiger partial charge in [0, 0.05) is 116 Å². The van der Waals surface area contributed by atoms with E-state index in [4.69, 9.17) is 33.2 Å². The normalized spacial score (nSPS) is 14.0. The van der Waals surface area contributed by atoms with Gasteiger partial charge in [-0.1, -0.05) is 0 Å². The molecule has 8 aromatic heterocycles. The Morgan fingerprint density at radius 2 is 0.620 bits per heavy atom. The fourth-order valence-electron chi connectivity index (χ4n) is 14.9. The highest BCUT2D eigenvalue weighted by atomic mass is 32.2. The summed E-state index contributed by atoms with van der Waals surface area (Å²) in [6.45, 7) is 8.72. The van der Waals surface area contributed by atoms with Gasteiger partial charge in [0.15, 0.2) is 5.75 Å². The summed E-state index contributed by atoms with van der Waals surface area (Å²) >= 11 is 0. The van der Waals surface area contributed by atoms with E-state index in [1.165, 1.54) is 72.1 Å². The molecule has 2 fully saturated rings. The summed E-state index contributed by atoms with van der Waals surface area (Å²) in [5.74, 6) is 10.1. The van der Waals surface area contributed by atoms with Gasteiger partial charge in [-0.25, -0.2) is 112 Å². The van der Waals surface area contributed by atoms with Gasteiger partial charge in [-0.05, 0) is 247 Å². The van der Waals surface area contributed by atoms with E-state index in [1.807, 2.05) is 71.0 Å². The molecule has 16 aromatic rings. The third-order valence-corrected chi connectivity index (χ3v) is 28.7. The Morgan fingerprint density at radius 1 is 0.345 bits per heavy atom. The highest BCUT2D eigenvalue weighted by Gasteiger charge is 2.29. The summed E-state index contributed by atoms with van der Waals surface area (Å²) in [5.41, 5.74) is 11.1. The number of pyridine rings is 4. The van der Waals surface area contributed by atoms with Crippen LogP contribution in [0, 0.1) is 80.2 Å². The Kier molecular flexibility index (Phi) is 30.2. The lowest BCUT2D eigenvalue weighted by molar-refractivity contribution is -0.0489. The number of rotatable bonds is 29. The summed E-state index contributed by atoms with van der Waals surface area (Å²) in [6.07, 6.45) is 17.5. The minimum atomic E-state index is -3.51. The number of hydrogen-bond acceptors (Lipinski definition) is 24. The van der Waals surface area contributed by atoms with Gasteiger partial charge in [-0.15, -0.1) is 0 Å². The lowest BCUT2D eigenvalue weighted by Gasteiger charge is -2.27. The predicted molar refractivity (Wildman–Crippen MR) is 529 cm³/mol. The van der Waals surface area contributed by atoms with E-state index in [0.717, 1.165) is 142 Å². The minimum Gasteiger partial charge on any atom is -0.491 e. The van der Waals surface area contributed by atoms with Crippen molar-refractivity contribution in [1.29, 1.82) is 0 Å². The Labute approximate surface area is 810 Å². The zero-order valence-electron chi connectivity index (χ0n) is 77.5. The van der Waals surface area contributed by atoms with Crippen LogP contribution in [0.5, 0.6) is 46.5 Å². The van der Waals surface area contributed by atoms with E-state index in [2.05, 4.69) is 107 Å². The smallest absolute Gasteiger partial charge is 0.387 e. The SMILES string of the molecule is C=S(=O)(Nc1cc(-c2cc(OC(C)C)c3ncnc(C)c3c2)cnc1OC)c1ccc(F)cc1F.C=S(=O)(Nc1cc(-c2cc(OC(F)F)c3ncnc(C)c3c2)cnc1OC)c1ccc(F)cc1F.C=S(=O)(Nc1cc(-c2cc(OC3CCC3)c3ncnc(C)c3c2)cnc1OC)c1ccc(F)cc1F.C=S(=O)(Nc1cc(-c2cc(OCC3CC3)c3ncnc(C)c3c2)cnc1OC)c1ccc(F)cc1F. The number of methoxy groups -OCH3 is 4. The van der Waals surface area contributed by atoms with Crippen molar-refractivity contribution in [3.8, 4) is 91.0 Å². The number of nitrogens with zero attached hydrogens (tertiary/aromatic N) is 12. The van der Waals surface area contributed by atoms with Crippen LogP contribution in [-0.2, 0) is 38.8 Å². The van der Waals surface area contributed by atoms with E-state index in [-0.39, 0.29) is 89.3 Å². The van der Waals surface area contributed by atoms with Gasteiger partial charge in [-0.2, -0.15) is 8.78 Å². The van der Waals surface area contributed by atoms with E-state index < -0.39 is 92.0 Å². The largest absolute Gasteiger partial charge is 0.491 e. The second-order valence-electron chi connectivity index (χ2n) is 32.8. The zero-order valence-corrected chi connectivity index (χ0v) is 80.8. The molecule has 2 saturated carbocycles. The van der Waals surface area contributed by atoms with Crippen molar-refractivity contribution in [3.05, 3.63) is 265 Å². The molecule has 8 aromatic carbocycles. The van der Waals surface area contributed by atoms with Crippen LogP contribution < -0.4 is 56.8 Å². The third-order valence-electron chi connectivity index (χ3n) is 22.3. The first kappa shape index (κ1) is 101. The van der Waals surface area contributed by atoms with Gasteiger partial charge in [0.05, 0.1) is 106 Å². The number of alkyl halides is 2. The molecule has 0 bridgehead atoms. The Balaban J connectivity index is 0.000000143. The van der Waals surface area contributed by atoms with Crippen molar-refractivity contribution in [1.82, 2.24) is 59.8 Å². The molecule has 0 saturated heterocycles. The maximum Gasteiger partial charge on any atom is 0.387 e. The molecular formula is C100H90F10N16O12S4. The summed E-state index contributed by atoms with van der Waals surface area (Å²) in [7, 11) is -8.19. The van der Waals surface area contributed by atoms with Crippen LogP contribution in [0.3, 0.4) is 0 Å². The Hall–Kier alpha value is -15.3. The van der Waals surface area contributed by atoms with Crippen molar-refractivity contribution in [2.75, 3.05) is 53.9 Å². The van der Waals surface area contributed by atoms with Crippen molar-refractivity contribution in [2.24, 2.45) is 5.92 Å². The molecule has 18 rings (SSSR count). The molecule has 0 aliphatic heterocycles. The van der Waals surface area contributed by atoms with Gasteiger partial charge in [0.25, 0.3) is 0 Å². The quantitative estimate of drug-likeness (QED) is 0.0250. The number of hydrogen-bond donors (Lipinski definition) is 4. The number of anilines is 4. The summed E-state index contributed by atoms with van der Waals surface area (Å²) in [5, 5.41) is 2.95. The Bertz CT molecular complexity index is 7840. The molecule has 28 nitrogen and oxygen atoms in total. The molecule has 4 N–H and O–H groups in total. The van der Waals surface area contributed by atoms with Gasteiger partial charge >= 0.3 is 6.61 Å². The summed E-state index contributed by atoms with van der Waals surface area (Å²) in [4.78, 5) is 50.3. The topological polar surface area (TPSA) is 345 Å². The van der Waals surface area contributed by atoms with E-state index in [1.54, 1.807) is 49.8 Å². The second-order valence-corrected chi connectivity index (χ2v) is 40.8. The average molecular weight is 2030 g/mol. The number of nitrogens with one attached hydrogen (secondary N) is 4. The van der Waals surface area contributed by atoms with Crippen LogP contribution >= 0.6 is 0 Å². The molecule has 4 atom stereocenters. The predicted octanol–water partition coefficient (Wildman–Crippen LogP) is 20.7. The second kappa shape index (κ2) is 42.4. The molecule has 42 heteroatoms. The van der Waals surface area contributed by atoms with Crippen molar-refractivity contribution in [2.45, 2.75) is 112 Å². The minimum absolute atomic E-state index is 0.0111. The Morgan fingerprint density at radius 3 is 0.880 bits per heavy atom. The van der Waals surface area contributed by atoms with Crippen LogP contribution in [0.25, 0.3) is 88.1 Å². The molecule has 142 heavy (non-hydrogen) atoms. The van der Waals surface area contributed by atoms with E-state index >= 15 is 0 Å². The van der Waals surface area contributed by atoms with Crippen LogP contribution in [0.15, 0.2) is 215 Å². The number of aromatic nitrogens is 12. The lowest BCUT2D eigenvalue weighted by atomic mass is 9.96. The van der Waals surface area contributed by atoms with Gasteiger partial charge < -0.3 is 56.8 Å². The number of aryl methyl sites for hydroxylation is 4. The molecule has 2 aliphatic rings. The van der Waals surface area contributed by atoms with Crippen molar-refractivity contribution in [3.63, 3.8) is 0 Å². The highest BCUT2D eigenvalue weighted by molar-refractivity contribution is 8.02. The first-order chi connectivity index (χ1) is 67.7. The van der Waals surface area contributed by atoms with Crippen LogP contribution in [0.2, 0.25) is 0 Å². The van der Waals surface area contributed by atoms with Crippen molar-refractivity contribution < 1.29 is 98.6 Å². The van der Waals surface area contributed by atoms with E-state index in [9.17, 15) is 60.7 Å². The molecule has 0 radical (unpaired) electrons. The number of ether oxygens (including phenoxy) is 8. The average Bonchev–Trinajstić information content (AvgIpc) is 0.947. The summed E-state index contributed by atoms with van der Waals surface area (Å²) < 4.78 is 245. The fourth-order valence-corrected chi connectivity index (χ4v) is 20.0.